The molecule has 0 saturated carbocycles. The number of benzene rings is 2. The van der Waals surface area contributed by atoms with E-state index in [2.05, 4.69) is 36.8 Å². The smallest absolute Gasteiger partial charge is 0.195 e. The number of hydrogen-bond donors (Lipinski definition) is 1. The number of aromatic amines is 1. The third-order valence-corrected chi connectivity index (χ3v) is 4.49. The van der Waals surface area contributed by atoms with Gasteiger partial charge in [-0.05, 0) is 42.8 Å². The minimum absolute atomic E-state index is 0.0353. The van der Waals surface area contributed by atoms with Crippen LogP contribution in [0.2, 0.25) is 0 Å². The SMILES string of the molecule is Cc1cc(Br)ccc1C(=O)c1c[nH]c2cccc(Br)c12. The molecule has 3 aromatic rings. The number of nitrogens with one attached hydrogen (secondary N) is 1. The fourth-order valence-corrected chi connectivity index (χ4v) is 3.40. The molecule has 0 radical (unpaired) electrons. The van der Waals surface area contributed by atoms with Crippen LogP contribution in [0, 0.1) is 6.92 Å². The van der Waals surface area contributed by atoms with Crippen LogP contribution in [0.25, 0.3) is 10.9 Å². The lowest BCUT2D eigenvalue weighted by Gasteiger charge is -2.05. The highest BCUT2D eigenvalue weighted by atomic mass is 79.9. The minimum Gasteiger partial charge on any atom is -0.360 e. The molecular weight excluding hydrogens is 382 g/mol. The second kappa shape index (κ2) is 5.19. The monoisotopic (exact) mass is 391 g/mol. The summed E-state index contributed by atoms with van der Waals surface area (Å²) in [7, 11) is 0. The molecule has 0 amide bonds. The van der Waals surface area contributed by atoms with Gasteiger partial charge in [0.05, 0.1) is 0 Å². The first-order valence-electron chi connectivity index (χ1n) is 6.14. The van der Waals surface area contributed by atoms with Crippen molar-refractivity contribution >= 4 is 48.5 Å². The van der Waals surface area contributed by atoms with Gasteiger partial charge >= 0.3 is 0 Å². The highest BCUT2D eigenvalue weighted by Gasteiger charge is 2.17. The van der Waals surface area contributed by atoms with Gasteiger partial charge in [0.1, 0.15) is 0 Å². The molecule has 0 fully saturated rings. The highest BCUT2D eigenvalue weighted by Crippen LogP contribution is 2.29. The summed E-state index contributed by atoms with van der Waals surface area (Å²) in [5.41, 5.74) is 3.34. The summed E-state index contributed by atoms with van der Waals surface area (Å²) in [6.07, 6.45) is 1.78. The van der Waals surface area contributed by atoms with E-state index >= 15 is 0 Å². The molecule has 2 aromatic carbocycles. The zero-order valence-electron chi connectivity index (χ0n) is 10.7. The number of rotatable bonds is 2. The maximum absolute atomic E-state index is 12.7. The number of halogens is 2. The van der Waals surface area contributed by atoms with Crippen molar-refractivity contribution < 1.29 is 4.79 Å². The Morgan fingerprint density at radius 3 is 2.65 bits per heavy atom. The molecular formula is C16H11Br2NO. The lowest BCUT2D eigenvalue weighted by molar-refractivity contribution is 0.103. The molecule has 0 saturated heterocycles. The minimum atomic E-state index is 0.0353. The van der Waals surface area contributed by atoms with E-state index in [0.717, 1.165) is 31.0 Å². The molecule has 20 heavy (non-hydrogen) atoms. The Hall–Kier alpha value is -1.39. The van der Waals surface area contributed by atoms with Crippen LogP contribution in [-0.2, 0) is 0 Å². The van der Waals surface area contributed by atoms with Gasteiger partial charge in [0.15, 0.2) is 5.78 Å². The number of fused-ring (bicyclic) bond motifs is 1. The van der Waals surface area contributed by atoms with Gasteiger partial charge in [-0.3, -0.25) is 4.79 Å². The summed E-state index contributed by atoms with van der Waals surface area (Å²) in [6.45, 7) is 1.95. The Morgan fingerprint density at radius 1 is 1.10 bits per heavy atom. The molecule has 3 rings (SSSR count). The summed E-state index contributed by atoms with van der Waals surface area (Å²) in [4.78, 5) is 15.9. The number of aryl methyl sites for hydroxylation is 1. The van der Waals surface area contributed by atoms with E-state index in [1.54, 1.807) is 6.20 Å². The van der Waals surface area contributed by atoms with Crippen molar-refractivity contribution in [2.45, 2.75) is 6.92 Å². The predicted octanol–water partition coefficient (Wildman–Crippen LogP) is 5.23. The van der Waals surface area contributed by atoms with Gasteiger partial charge in [-0.15, -0.1) is 0 Å². The first kappa shape index (κ1) is 13.6. The van der Waals surface area contributed by atoms with Crippen molar-refractivity contribution in [1.29, 1.82) is 0 Å². The molecule has 0 atom stereocenters. The zero-order chi connectivity index (χ0) is 14.3. The molecule has 0 bridgehead atoms. The maximum Gasteiger partial charge on any atom is 0.195 e. The number of ketones is 1. The molecule has 2 nitrogen and oxygen atoms in total. The maximum atomic E-state index is 12.7. The fourth-order valence-electron chi connectivity index (χ4n) is 2.35. The molecule has 100 valence electrons. The van der Waals surface area contributed by atoms with Crippen molar-refractivity contribution in [2.75, 3.05) is 0 Å². The number of aromatic nitrogens is 1. The second-order valence-electron chi connectivity index (χ2n) is 4.65. The number of carbonyl (C=O) groups is 1. The largest absolute Gasteiger partial charge is 0.360 e. The van der Waals surface area contributed by atoms with E-state index in [-0.39, 0.29) is 5.78 Å². The standard InChI is InChI=1S/C16H11Br2NO/c1-9-7-10(17)5-6-11(9)16(20)12-8-19-14-4-2-3-13(18)15(12)14/h2-8,19H,1H3. The van der Waals surface area contributed by atoms with Crippen LogP contribution >= 0.6 is 31.9 Å². The average Bonchev–Trinajstić information content (AvgIpc) is 2.83. The van der Waals surface area contributed by atoms with Gasteiger partial charge in [-0.25, -0.2) is 0 Å². The predicted molar refractivity (Wildman–Crippen MR) is 88.3 cm³/mol. The Balaban J connectivity index is 2.18. The lowest BCUT2D eigenvalue weighted by atomic mass is 9.99. The Kier molecular flexibility index (Phi) is 3.52. The van der Waals surface area contributed by atoms with Gasteiger partial charge in [-0.2, -0.15) is 0 Å². The molecule has 0 aliphatic rings. The normalized spacial score (nSPS) is 10.9. The highest BCUT2D eigenvalue weighted by molar-refractivity contribution is 9.11. The topological polar surface area (TPSA) is 32.9 Å². The lowest BCUT2D eigenvalue weighted by Crippen LogP contribution is -2.03. The van der Waals surface area contributed by atoms with Crippen molar-refractivity contribution in [1.82, 2.24) is 4.98 Å². The molecule has 0 spiro atoms. The molecule has 4 heteroatoms. The summed E-state index contributed by atoms with van der Waals surface area (Å²) < 4.78 is 1.90. The van der Waals surface area contributed by atoms with Crippen molar-refractivity contribution in [3.63, 3.8) is 0 Å². The van der Waals surface area contributed by atoms with Gasteiger partial charge in [-0.1, -0.05) is 37.9 Å². The van der Waals surface area contributed by atoms with Crippen molar-refractivity contribution in [3.05, 3.63) is 68.2 Å². The van der Waals surface area contributed by atoms with E-state index in [1.165, 1.54) is 0 Å². The van der Waals surface area contributed by atoms with E-state index in [9.17, 15) is 4.79 Å². The van der Waals surface area contributed by atoms with Crippen LogP contribution in [0.5, 0.6) is 0 Å². The molecule has 0 unspecified atom stereocenters. The third kappa shape index (κ3) is 2.23. The number of hydrogen-bond acceptors (Lipinski definition) is 1. The Morgan fingerprint density at radius 2 is 1.90 bits per heavy atom. The molecule has 1 N–H and O–H groups in total. The van der Waals surface area contributed by atoms with Crippen LogP contribution in [0.4, 0.5) is 0 Å². The van der Waals surface area contributed by atoms with E-state index in [4.69, 9.17) is 0 Å². The summed E-state index contributed by atoms with van der Waals surface area (Å²) in [6, 6.07) is 11.6. The quantitative estimate of drug-likeness (QED) is 0.595. The molecule has 1 heterocycles. The fraction of sp³-hybridized carbons (Fsp3) is 0.0625. The van der Waals surface area contributed by atoms with Gasteiger partial charge in [0.25, 0.3) is 0 Å². The second-order valence-corrected chi connectivity index (χ2v) is 6.42. The van der Waals surface area contributed by atoms with Gasteiger partial charge in [0, 0.05) is 37.2 Å². The summed E-state index contributed by atoms with van der Waals surface area (Å²) in [5.74, 6) is 0.0353. The molecule has 1 aromatic heterocycles. The van der Waals surface area contributed by atoms with Crippen LogP contribution in [0.3, 0.4) is 0 Å². The molecule has 0 aliphatic heterocycles. The number of carbonyl (C=O) groups excluding carboxylic acids is 1. The molecule has 0 aliphatic carbocycles. The first-order valence-corrected chi connectivity index (χ1v) is 7.73. The Bertz CT molecular complexity index is 820. The van der Waals surface area contributed by atoms with E-state index in [1.807, 2.05) is 43.3 Å². The van der Waals surface area contributed by atoms with Gasteiger partial charge in [0.2, 0.25) is 0 Å². The van der Waals surface area contributed by atoms with Crippen LogP contribution in [0.1, 0.15) is 21.5 Å². The van der Waals surface area contributed by atoms with Crippen LogP contribution < -0.4 is 0 Å². The zero-order valence-corrected chi connectivity index (χ0v) is 13.9. The van der Waals surface area contributed by atoms with Crippen molar-refractivity contribution in [2.24, 2.45) is 0 Å². The Labute approximate surface area is 133 Å². The summed E-state index contributed by atoms with van der Waals surface area (Å²) >= 11 is 6.94. The summed E-state index contributed by atoms with van der Waals surface area (Å²) in [5, 5.41) is 0.930. The number of H-pyrrole nitrogens is 1. The van der Waals surface area contributed by atoms with E-state index in [0.29, 0.717) is 5.56 Å². The van der Waals surface area contributed by atoms with Crippen LogP contribution in [-0.4, -0.2) is 10.8 Å². The van der Waals surface area contributed by atoms with Crippen LogP contribution in [0.15, 0.2) is 51.5 Å². The third-order valence-electron chi connectivity index (χ3n) is 3.33. The first-order chi connectivity index (χ1) is 9.58. The van der Waals surface area contributed by atoms with Gasteiger partial charge < -0.3 is 4.98 Å². The van der Waals surface area contributed by atoms with Crippen molar-refractivity contribution in [3.8, 4) is 0 Å². The average molecular weight is 393 g/mol. The van der Waals surface area contributed by atoms with E-state index < -0.39 is 0 Å².